The Morgan fingerprint density at radius 1 is 0.844 bits per heavy atom. The lowest BCUT2D eigenvalue weighted by molar-refractivity contribution is -0.140. The lowest BCUT2D eigenvalue weighted by Crippen LogP contribution is -2.53. The predicted molar refractivity (Wildman–Crippen MR) is 181 cm³/mol. The van der Waals surface area contributed by atoms with Crippen LogP contribution < -0.4 is 9.62 Å². The van der Waals surface area contributed by atoms with Crippen LogP contribution in [0.3, 0.4) is 0 Å². The van der Waals surface area contributed by atoms with Crippen molar-refractivity contribution in [3.05, 3.63) is 130 Å². The van der Waals surface area contributed by atoms with Crippen molar-refractivity contribution in [3.8, 4) is 0 Å². The van der Waals surface area contributed by atoms with E-state index in [4.69, 9.17) is 23.2 Å². The number of hydrogen-bond donors (Lipinski definition) is 1. The quantitative estimate of drug-likeness (QED) is 0.146. The first-order valence-corrected chi connectivity index (χ1v) is 17.0. The lowest BCUT2D eigenvalue weighted by atomic mass is 10.0. The minimum atomic E-state index is -4.26. The number of anilines is 1. The molecular formula is C35H37Cl2N3O4S. The minimum absolute atomic E-state index is 0.00723. The van der Waals surface area contributed by atoms with E-state index in [0.717, 1.165) is 33.8 Å². The van der Waals surface area contributed by atoms with Crippen LogP contribution in [0.4, 0.5) is 5.69 Å². The molecule has 4 aromatic carbocycles. The highest BCUT2D eigenvalue weighted by Crippen LogP contribution is 2.33. The summed E-state index contributed by atoms with van der Waals surface area (Å²) in [5.41, 5.74) is 2.77. The molecule has 0 radical (unpaired) electrons. The zero-order valence-electron chi connectivity index (χ0n) is 25.3. The first-order chi connectivity index (χ1) is 21.6. The molecule has 0 aromatic heterocycles. The summed E-state index contributed by atoms with van der Waals surface area (Å²) in [7, 11) is -4.26. The Morgan fingerprint density at radius 3 is 2.16 bits per heavy atom. The normalized spacial score (nSPS) is 11.9. The molecule has 45 heavy (non-hydrogen) atoms. The van der Waals surface area contributed by atoms with E-state index in [2.05, 4.69) is 5.32 Å². The van der Waals surface area contributed by atoms with E-state index in [0.29, 0.717) is 11.6 Å². The van der Waals surface area contributed by atoms with Crippen molar-refractivity contribution in [3.63, 3.8) is 0 Å². The van der Waals surface area contributed by atoms with E-state index < -0.39 is 28.5 Å². The van der Waals surface area contributed by atoms with Crippen LogP contribution in [0.15, 0.2) is 108 Å². The van der Waals surface area contributed by atoms with Crippen LogP contribution in [0.25, 0.3) is 0 Å². The van der Waals surface area contributed by atoms with Crippen LogP contribution in [0, 0.1) is 6.92 Å². The van der Waals surface area contributed by atoms with Gasteiger partial charge < -0.3 is 10.2 Å². The molecular weight excluding hydrogens is 629 g/mol. The van der Waals surface area contributed by atoms with Gasteiger partial charge in [-0.2, -0.15) is 0 Å². The van der Waals surface area contributed by atoms with Gasteiger partial charge in [-0.3, -0.25) is 13.9 Å². The zero-order valence-corrected chi connectivity index (χ0v) is 27.7. The van der Waals surface area contributed by atoms with E-state index in [1.807, 2.05) is 68.4 Å². The number of rotatable bonds is 14. The lowest BCUT2D eigenvalue weighted by Gasteiger charge is -2.34. The van der Waals surface area contributed by atoms with Crippen molar-refractivity contribution in [2.24, 2.45) is 0 Å². The molecule has 0 heterocycles. The maximum atomic E-state index is 14.5. The molecule has 0 aliphatic rings. The largest absolute Gasteiger partial charge is 0.354 e. The minimum Gasteiger partial charge on any atom is -0.354 e. The van der Waals surface area contributed by atoms with Crippen LogP contribution in [-0.4, -0.2) is 44.3 Å². The average molecular weight is 667 g/mol. The second kappa shape index (κ2) is 15.9. The number of unbranched alkanes of at least 4 members (excludes halogenated alkanes) is 1. The topological polar surface area (TPSA) is 86.8 Å². The highest BCUT2D eigenvalue weighted by atomic mass is 35.5. The molecule has 1 atom stereocenters. The summed E-state index contributed by atoms with van der Waals surface area (Å²) in [5.74, 6) is -0.871. The van der Waals surface area contributed by atoms with Gasteiger partial charge in [-0.25, -0.2) is 8.42 Å². The van der Waals surface area contributed by atoms with Gasteiger partial charge in [0.05, 0.1) is 15.6 Å². The van der Waals surface area contributed by atoms with Gasteiger partial charge >= 0.3 is 0 Å². The molecule has 7 nitrogen and oxygen atoms in total. The molecule has 236 valence electrons. The number of aryl methyl sites for hydroxylation is 1. The van der Waals surface area contributed by atoms with Gasteiger partial charge in [0.1, 0.15) is 12.6 Å². The summed E-state index contributed by atoms with van der Waals surface area (Å²) in [6.45, 7) is 3.93. The first-order valence-electron chi connectivity index (χ1n) is 14.8. The Morgan fingerprint density at radius 2 is 1.51 bits per heavy atom. The van der Waals surface area contributed by atoms with E-state index in [9.17, 15) is 18.0 Å². The molecule has 1 N–H and O–H groups in total. The molecule has 2 amide bonds. The van der Waals surface area contributed by atoms with Crippen molar-refractivity contribution in [1.82, 2.24) is 10.2 Å². The Balaban J connectivity index is 1.81. The van der Waals surface area contributed by atoms with E-state index in [1.54, 1.807) is 18.2 Å². The van der Waals surface area contributed by atoms with Crippen LogP contribution in [-0.2, 0) is 32.6 Å². The van der Waals surface area contributed by atoms with Crippen molar-refractivity contribution < 1.29 is 18.0 Å². The third kappa shape index (κ3) is 9.10. The van der Waals surface area contributed by atoms with Crippen LogP contribution in [0.1, 0.15) is 36.5 Å². The second-order valence-corrected chi connectivity index (χ2v) is 13.5. The third-order valence-electron chi connectivity index (χ3n) is 7.32. The highest BCUT2D eigenvalue weighted by molar-refractivity contribution is 7.92. The van der Waals surface area contributed by atoms with Gasteiger partial charge in [0.15, 0.2) is 0 Å². The van der Waals surface area contributed by atoms with Gasteiger partial charge in [0.2, 0.25) is 11.8 Å². The van der Waals surface area contributed by atoms with Gasteiger partial charge in [0, 0.05) is 24.5 Å². The summed E-state index contributed by atoms with van der Waals surface area (Å²) in [5, 5.41) is 3.38. The standard InChI is InChI=1S/C35H37Cl2N3O4S/c1-3-4-20-38-35(42)33(22-27-13-7-5-8-14-27)39(24-28-15-11-12-26(2)21-28)34(41)25-40(32-19-18-29(36)23-31(32)37)45(43,44)30-16-9-6-10-17-30/h5-19,21,23,33H,3-4,20,22,24-25H2,1-2H3,(H,38,42)/t33-/m0/s1. The Labute approximate surface area is 275 Å². The number of halogens is 2. The highest BCUT2D eigenvalue weighted by Gasteiger charge is 2.35. The maximum absolute atomic E-state index is 14.5. The molecule has 0 aliphatic carbocycles. The molecule has 0 spiro atoms. The van der Waals surface area contributed by atoms with E-state index >= 15 is 0 Å². The van der Waals surface area contributed by atoms with E-state index in [-0.39, 0.29) is 34.5 Å². The van der Waals surface area contributed by atoms with Gasteiger partial charge in [-0.15, -0.1) is 0 Å². The number of amides is 2. The molecule has 10 heteroatoms. The van der Waals surface area contributed by atoms with Crippen LogP contribution in [0.2, 0.25) is 10.0 Å². The summed E-state index contributed by atoms with van der Waals surface area (Å²) in [6, 6.07) is 28.5. The maximum Gasteiger partial charge on any atom is 0.264 e. The number of benzene rings is 4. The number of carbonyl (C=O) groups excluding carboxylic acids is 2. The molecule has 0 bridgehead atoms. The third-order valence-corrected chi connectivity index (χ3v) is 9.64. The number of nitrogens with zero attached hydrogens (tertiary/aromatic N) is 2. The number of sulfonamides is 1. The van der Waals surface area contributed by atoms with E-state index in [1.165, 1.54) is 35.2 Å². The molecule has 4 aromatic rings. The molecule has 0 fully saturated rings. The smallest absolute Gasteiger partial charge is 0.264 e. The van der Waals surface area contributed by atoms with Crippen LogP contribution in [0.5, 0.6) is 0 Å². The first kappa shape index (κ1) is 34.0. The monoisotopic (exact) mass is 665 g/mol. The van der Waals surface area contributed by atoms with Crippen molar-refractivity contribution in [1.29, 1.82) is 0 Å². The average Bonchev–Trinajstić information content (AvgIpc) is 3.03. The summed E-state index contributed by atoms with van der Waals surface area (Å²) >= 11 is 12.7. The molecule has 0 unspecified atom stereocenters. The van der Waals surface area contributed by atoms with Crippen LogP contribution >= 0.6 is 23.2 Å². The van der Waals surface area contributed by atoms with Crippen molar-refractivity contribution >= 4 is 50.7 Å². The second-order valence-electron chi connectivity index (χ2n) is 10.8. The Hall–Kier alpha value is -3.85. The summed E-state index contributed by atoms with van der Waals surface area (Å²) in [6.07, 6.45) is 1.92. The summed E-state index contributed by atoms with van der Waals surface area (Å²) < 4.78 is 29.2. The summed E-state index contributed by atoms with van der Waals surface area (Å²) in [4.78, 5) is 29.8. The van der Waals surface area contributed by atoms with Gasteiger partial charge in [-0.1, -0.05) is 115 Å². The van der Waals surface area contributed by atoms with Gasteiger partial charge in [0.25, 0.3) is 10.0 Å². The Kier molecular flexibility index (Phi) is 12.0. The van der Waals surface area contributed by atoms with Crippen molar-refractivity contribution in [2.45, 2.75) is 50.6 Å². The number of carbonyl (C=O) groups is 2. The number of hydrogen-bond acceptors (Lipinski definition) is 4. The predicted octanol–water partition coefficient (Wildman–Crippen LogP) is 7.05. The molecule has 4 rings (SSSR count). The fraction of sp³-hybridized carbons (Fsp3) is 0.257. The zero-order chi connectivity index (χ0) is 32.4. The number of nitrogens with one attached hydrogen (secondary N) is 1. The molecule has 0 saturated heterocycles. The molecule has 0 aliphatic heterocycles. The fourth-order valence-electron chi connectivity index (χ4n) is 4.98. The molecule has 0 saturated carbocycles. The Bertz CT molecular complexity index is 1700. The van der Waals surface area contributed by atoms with Gasteiger partial charge in [-0.05, 0) is 54.8 Å². The fourth-order valence-corrected chi connectivity index (χ4v) is 7.00. The SMILES string of the molecule is CCCCNC(=O)[C@H](Cc1ccccc1)N(Cc1cccc(C)c1)C(=O)CN(c1ccc(Cl)cc1Cl)S(=O)(=O)c1ccccc1. The van der Waals surface area contributed by atoms with Crippen molar-refractivity contribution in [2.75, 3.05) is 17.4 Å².